The maximum atomic E-state index is 12.0. The first kappa shape index (κ1) is 13.3. The van der Waals surface area contributed by atoms with Crippen LogP contribution in [0.1, 0.15) is 36.5 Å². The van der Waals surface area contributed by atoms with Gasteiger partial charge in [0.2, 0.25) is 0 Å². The van der Waals surface area contributed by atoms with E-state index in [2.05, 4.69) is 17.2 Å². The third kappa shape index (κ3) is 2.81. The summed E-state index contributed by atoms with van der Waals surface area (Å²) in [6.07, 6.45) is 4.30. The average Bonchev–Trinajstić information content (AvgIpc) is 2.33. The standard InChI is InChI=1S/C12H16N4O3/c1-12(3-2-4-12)7-15-11(17)8-5-10(13)14-6-9(8)16(18)19/h5-6H,2-4,7H2,1H3,(H2,13,14)(H,15,17). The second-order valence-electron chi connectivity index (χ2n) is 5.23. The number of hydrogen-bond acceptors (Lipinski definition) is 5. The Kier molecular flexibility index (Phi) is 3.37. The Balaban J connectivity index is 2.13. The second kappa shape index (κ2) is 4.83. The molecule has 0 spiro atoms. The van der Waals surface area contributed by atoms with Crippen LogP contribution in [0.4, 0.5) is 11.5 Å². The summed E-state index contributed by atoms with van der Waals surface area (Å²) in [4.78, 5) is 25.9. The van der Waals surface area contributed by atoms with Crippen molar-refractivity contribution in [2.24, 2.45) is 5.41 Å². The molecule has 2 rings (SSSR count). The third-order valence-corrected chi connectivity index (χ3v) is 3.58. The van der Waals surface area contributed by atoms with Crippen LogP contribution in [0.3, 0.4) is 0 Å². The van der Waals surface area contributed by atoms with Gasteiger partial charge >= 0.3 is 0 Å². The number of nitrogens with zero attached hydrogens (tertiary/aromatic N) is 2. The van der Waals surface area contributed by atoms with Crippen molar-refractivity contribution in [2.45, 2.75) is 26.2 Å². The molecule has 19 heavy (non-hydrogen) atoms. The molecule has 1 aromatic heterocycles. The highest BCUT2D eigenvalue weighted by Gasteiger charge is 2.32. The van der Waals surface area contributed by atoms with Crippen molar-refractivity contribution in [3.05, 3.63) is 27.9 Å². The van der Waals surface area contributed by atoms with E-state index in [1.807, 2.05) is 0 Å². The van der Waals surface area contributed by atoms with Gasteiger partial charge in [0.1, 0.15) is 17.6 Å². The van der Waals surface area contributed by atoms with E-state index in [-0.39, 0.29) is 22.5 Å². The maximum absolute atomic E-state index is 12.0. The highest BCUT2D eigenvalue weighted by atomic mass is 16.6. The molecule has 102 valence electrons. The fraction of sp³-hybridized carbons (Fsp3) is 0.500. The van der Waals surface area contributed by atoms with Gasteiger partial charge in [-0.15, -0.1) is 0 Å². The van der Waals surface area contributed by atoms with E-state index in [9.17, 15) is 14.9 Å². The number of pyridine rings is 1. The summed E-state index contributed by atoms with van der Waals surface area (Å²) in [7, 11) is 0. The molecule has 0 radical (unpaired) electrons. The van der Waals surface area contributed by atoms with E-state index in [0.29, 0.717) is 6.54 Å². The molecule has 0 unspecified atom stereocenters. The molecule has 0 atom stereocenters. The van der Waals surface area contributed by atoms with Crippen LogP contribution in [-0.2, 0) is 0 Å². The molecule has 7 nitrogen and oxygen atoms in total. The van der Waals surface area contributed by atoms with Crippen LogP contribution in [-0.4, -0.2) is 22.4 Å². The lowest BCUT2D eigenvalue weighted by atomic mass is 9.70. The minimum absolute atomic E-state index is 0.0413. The number of carbonyl (C=O) groups excluding carboxylic acids is 1. The van der Waals surface area contributed by atoms with Gasteiger partial charge in [-0.3, -0.25) is 14.9 Å². The Morgan fingerprint density at radius 2 is 2.32 bits per heavy atom. The van der Waals surface area contributed by atoms with Gasteiger partial charge in [-0.25, -0.2) is 4.98 Å². The Hall–Kier alpha value is -2.18. The maximum Gasteiger partial charge on any atom is 0.300 e. The van der Waals surface area contributed by atoms with Crippen LogP contribution in [0.25, 0.3) is 0 Å². The van der Waals surface area contributed by atoms with Crippen LogP contribution in [0.15, 0.2) is 12.3 Å². The SMILES string of the molecule is CC1(CNC(=O)c2cc(N)ncc2[N+](=O)[O-])CCC1. The van der Waals surface area contributed by atoms with Gasteiger partial charge in [-0.1, -0.05) is 13.3 Å². The topological polar surface area (TPSA) is 111 Å². The van der Waals surface area contributed by atoms with Gasteiger partial charge in [0.05, 0.1) is 4.92 Å². The summed E-state index contributed by atoms with van der Waals surface area (Å²) >= 11 is 0. The highest BCUT2D eigenvalue weighted by Crippen LogP contribution is 2.39. The molecule has 1 aliphatic rings. The fourth-order valence-electron chi connectivity index (χ4n) is 2.14. The molecule has 0 aliphatic heterocycles. The lowest BCUT2D eigenvalue weighted by Gasteiger charge is -2.38. The lowest BCUT2D eigenvalue weighted by Crippen LogP contribution is -2.40. The van der Waals surface area contributed by atoms with Crippen molar-refractivity contribution in [2.75, 3.05) is 12.3 Å². The molecule has 0 saturated heterocycles. The number of nitro groups is 1. The van der Waals surface area contributed by atoms with Crippen molar-refractivity contribution < 1.29 is 9.72 Å². The number of carbonyl (C=O) groups is 1. The van der Waals surface area contributed by atoms with Gasteiger partial charge < -0.3 is 11.1 Å². The zero-order chi connectivity index (χ0) is 14.0. The summed E-state index contributed by atoms with van der Waals surface area (Å²) in [5, 5.41) is 13.6. The highest BCUT2D eigenvalue weighted by molar-refractivity contribution is 5.98. The number of nitrogens with one attached hydrogen (secondary N) is 1. The fourth-order valence-corrected chi connectivity index (χ4v) is 2.14. The quantitative estimate of drug-likeness (QED) is 0.632. The molecule has 1 saturated carbocycles. The number of hydrogen-bond donors (Lipinski definition) is 2. The summed E-state index contributed by atoms with van der Waals surface area (Å²) in [6.45, 7) is 2.61. The summed E-state index contributed by atoms with van der Waals surface area (Å²) < 4.78 is 0. The molecule has 1 heterocycles. The Labute approximate surface area is 110 Å². The third-order valence-electron chi connectivity index (χ3n) is 3.58. The molecule has 3 N–H and O–H groups in total. The number of amides is 1. The molecule has 1 fully saturated rings. The van der Waals surface area contributed by atoms with Crippen LogP contribution in [0.2, 0.25) is 0 Å². The van der Waals surface area contributed by atoms with E-state index in [1.165, 1.54) is 6.07 Å². The normalized spacial score (nSPS) is 16.5. The number of anilines is 1. The predicted octanol–water partition coefficient (Wildman–Crippen LogP) is 1.49. The Bertz CT molecular complexity index is 526. The van der Waals surface area contributed by atoms with E-state index >= 15 is 0 Å². The van der Waals surface area contributed by atoms with Crippen LogP contribution >= 0.6 is 0 Å². The first-order valence-electron chi connectivity index (χ1n) is 6.09. The van der Waals surface area contributed by atoms with Crippen molar-refractivity contribution in [3.8, 4) is 0 Å². The Morgan fingerprint density at radius 3 is 2.84 bits per heavy atom. The van der Waals surface area contributed by atoms with Crippen molar-refractivity contribution in [3.63, 3.8) is 0 Å². The van der Waals surface area contributed by atoms with Gasteiger partial charge in [0.25, 0.3) is 11.6 Å². The minimum atomic E-state index is -0.633. The monoisotopic (exact) mass is 264 g/mol. The van der Waals surface area contributed by atoms with Gasteiger partial charge in [-0.2, -0.15) is 0 Å². The number of rotatable bonds is 4. The van der Waals surface area contributed by atoms with Gasteiger partial charge in [0.15, 0.2) is 0 Å². The zero-order valence-electron chi connectivity index (χ0n) is 10.7. The van der Waals surface area contributed by atoms with Crippen LogP contribution in [0, 0.1) is 15.5 Å². The molecular weight excluding hydrogens is 248 g/mol. The van der Waals surface area contributed by atoms with E-state index < -0.39 is 10.8 Å². The largest absolute Gasteiger partial charge is 0.384 e. The molecule has 1 amide bonds. The number of nitrogen functional groups attached to an aromatic ring is 1. The van der Waals surface area contributed by atoms with Crippen molar-refractivity contribution in [1.29, 1.82) is 0 Å². The molecule has 0 aromatic carbocycles. The second-order valence-corrected chi connectivity index (χ2v) is 5.23. The van der Waals surface area contributed by atoms with Crippen molar-refractivity contribution in [1.82, 2.24) is 10.3 Å². The predicted molar refractivity (Wildman–Crippen MR) is 69.6 cm³/mol. The van der Waals surface area contributed by atoms with Crippen LogP contribution in [0.5, 0.6) is 0 Å². The van der Waals surface area contributed by atoms with E-state index in [4.69, 9.17) is 5.73 Å². The Morgan fingerprint density at radius 1 is 1.63 bits per heavy atom. The van der Waals surface area contributed by atoms with E-state index in [1.54, 1.807) is 0 Å². The lowest BCUT2D eigenvalue weighted by molar-refractivity contribution is -0.385. The number of aromatic nitrogens is 1. The summed E-state index contributed by atoms with van der Waals surface area (Å²) in [5.74, 6) is -0.389. The number of nitrogens with two attached hydrogens (primary N) is 1. The first-order chi connectivity index (χ1) is 8.91. The average molecular weight is 264 g/mol. The summed E-state index contributed by atoms with van der Waals surface area (Å²) in [6, 6.07) is 1.23. The molecule has 1 aliphatic carbocycles. The van der Waals surface area contributed by atoms with E-state index in [0.717, 1.165) is 25.5 Å². The molecular formula is C12H16N4O3. The zero-order valence-corrected chi connectivity index (χ0v) is 10.7. The molecule has 7 heteroatoms. The summed E-state index contributed by atoms with van der Waals surface area (Å²) in [5.41, 5.74) is 5.22. The van der Waals surface area contributed by atoms with Crippen molar-refractivity contribution >= 4 is 17.4 Å². The van der Waals surface area contributed by atoms with Gasteiger partial charge in [-0.05, 0) is 24.3 Å². The van der Waals surface area contributed by atoms with Crippen LogP contribution < -0.4 is 11.1 Å². The van der Waals surface area contributed by atoms with Gasteiger partial charge in [0, 0.05) is 6.54 Å². The smallest absolute Gasteiger partial charge is 0.300 e. The molecule has 0 bridgehead atoms. The minimum Gasteiger partial charge on any atom is -0.384 e. The molecule has 1 aromatic rings. The first-order valence-corrected chi connectivity index (χ1v) is 6.09.